The van der Waals surface area contributed by atoms with Crippen LogP contribution in [0, 0.1) is 0 Å². The van der Waals surface area contributed by atoms with Crippen molar-refractivity contribution in [3.63, 3.8) is 0 Å². The van der Waals surface area contributed by atoms with Gasteiger partial charge in [-0.05, 0) is 32.6 Å². The number of ether oxygens (including phenoxy) is 2. The molecule has 0 aliphatic carbocycles. The average molecular weight is 240 g/mol. The second-order valence-electron chi connectivity index (χ2n) is 4.01. The number of rotatable bonds is 12. The van der Waals surface area contributed by atoms with Gasteiger partial charge >= 0.3 is 0 Å². The van der Waals surface area contributed by atoms with Crippen molar-refractivity contribution in [2.75, 3.05) is 20.0 Å². The van der Waals surface area contributed by atoms with Gasteiger partial charge in [-0.25, -0.2) is 0 Å². The highest BCUT2D eigenvalue weighted by Crippen LogP contribution is 1.99. The van der Waals surface area contributed by atoms with E-state index in [1.165, 1.54) is 25.7 Å². The van der Waals surface area contributed by atoms with Crippen molar-refractivity contribution >= 4 is 0 Å². The monoisotopic (exact) mass is 240 g/mol. The number of hydrogen-bond acceptors (Lipinski definition) is 2. The van der Waals surface area contributed by atoms with Crippen LogP contribution in [0.15, 0.2) is 24.3 Å². The molecule has 2 nitrogen and oxygen atoms in total. The van der Waals surface area contributed by atoms with E-state index in [1.54, 1.807) is 0 Å². The van der Waals surface area contributed by atoms with Crippen LogP contribution in [0.5, 0.6) is 0 Å². The average Bonchev–Trinajstić information content (AvgIpc) is 2.35. The second-order valence-corrected chi connectivity index (χ2v) is 4.01. The first-order valence-electron chi connectivity index (χ1n) is 6.89. The summed E-state index contributed by atoms with van der Waals surface area (Å²) in [5.41, 5.74) is 0. The summed E-state index contributed by atoms with van der Waals surface area (Å²) in [6, 6.07) is 0. The molecule has 0 amide bonds. The summed E-state index contributed by atoms with van der Waals surface area (Å²) < 4.78 is 10.4. The van der Waals surface area contributed by atoms with Crippen LogP contribution in [0.4, 0.5) is 0 Å². The molecule has 0 aromatic carbocycles. The Labute approximate surface area is 107 Å². The molecule has 100 valence electrons. The predicted molar refractivity (Wildman–Crippen MR) is 74.1 cm³/mol. The Morgan fingerprint density at radius 3 is 2.18 bits per heavy atom. The van der Waals surface area contributed by atoms with Gasteiger partial charge in [0.15, 0.2) is 0 Å². The molecule has 0 saturated carbocycles. The lowest BCUT2D eigenvalue weighted by Gasteiger charge is -2.02. The summed E-state index contributed by atoms with van der Waals surface area (Å²) in [6.07, 6.45) is 16.0. The van der Waals surface area contributed by atoms with Crippen LogP contribution in [-0.4, -0.2) is 20.0 Å². The Balaban J connectivity index is 3.11. The molecule has 17 heavy (non-hydrogen) atoms. The molecule has 0 bridgehead atoms. The van der Waals surface area contributed by atoms with Gasteiger partial charge < -0.3 is 9.47 Å². The van der Waals surface area contributed by atoms with E-state index in [-0.39, 0.29) is 0 Å². The van der Waals surface area contributed by atoms with Gasteiger partial charge in [-0.2, -0.15) is 0 Å². The molecule has 0 radical (unpaired) electrons. The lowest BCUT2D eigenvalue weighted by molar-refractivity contribution is -0.0500. The van der Waals surface area contributed by atoms with Gasteiger partial charge in [-0.1, -0.05) is 44.1 Å². The zero-order chi connectivity index (χ0) is 12.6. The van der Waals surface area contributed by atoms with E-state index < -0.39 is 0 Å². The van der Waals surface area contributed by atoms with Crippen molar-refractivity contribution < 1.29 is 9.47 Å². The molecule has 0 saturated heterocycles. The van der Waals surface area contributed by atoms with Crippen molar-refractivity contribution in [2.24, 2.45) is 0 Å². The normalized spacial score (nSPS) is 11.9. The van der Waals surface area contributed by atoms with Crippen molar-refractivity contribution in [3.05, 3.63) is 24.3 Å². The lowest BCUT2D eigenvalue weighted by atomic mass is 10.2. The van der Waals surface area contributed by atoms with E-state index in [4.69, 9.17) is 9.47 Å². The highest BCUT2D eigenvalue weighted by atomic mass is 16.7. The maximum absolute atomic E-state index is 5.29. The van der Waals surface area contributed by atoms with Crippen molar-refractivity contribution in [3.8, 4) is 0 Å². The molecule has 0 aromatic heterocycles. The Kier molecular flexibility index (Phi) is 14.9. The molecule has 0 aliphatic rings. The maximum Gasteiger partial charge on any atom is 0.146 e. The molecule has 0 heterocycles. The van der Waals surface area contributed by atoms with Crippen LogP contribution in [0.3, 0.4) is 0 Å². The topological polar surface area (TPSA) is 18.5 Å². The number of hydrogen-bond donors (Lipinski definition) is 0. The number of allylic oxidation sites excluding steroid dienone is 4. The third-order valence-corrected chi connectivity index (χ3v) is 2.39. The minimum atomic E-state index is 0.437. The fourth-order valence-corrected chi connectivity index (χ4v) is 1.34. The molecule has 0 fully saturated rings. The van der Waals surface area contributed by atoms with Crippen molar-refractivity contribution in [1.82, 2.24) is 0 Å². The van der Waals surface area contributed by atoms with Gasteiger partial charge in [-0.3, -0.25) is 0 Å². The van der Waals surface area contributed by atoms with Crippen LogP contribution in [0.25, 0.3) is 0 Å². The van der Waals surface area contributed by atoms with Crippen molar-refractivity contribution in [1.29, 1.82) is 0 Å². The first-order valence-corrected chi connectivity index (χ1v) is 6.89. The molecule has 0 spiro atoms. The Morgan fingerprint density at radius 2 is 1.53 bits per heavy atom. The van der Waals surface area contributed by atoms with Crippen LogP contribution in [-0.2, 0) is 9.47 Å². The molecule has 0 aliphatic heterocycles. The molecule has 2 heteroatoms. The third kappa shape index (κ3) is 15.4. The third-order valence-electron chi connectivity index (χ3n) is 2.39. The molecule has 0 aromatic rings. The van der Waals surface area contributed by atoms with Gasteiger partial charge in [0.1, 0.15) is 6.79 Å². The summed E-state index contributed by atoms with van der Waals surface area (Å²) in [5.74, 6) is 0. The smallest absolute Gasteiger partial charge is 0.146 e. The van der Waals surface area contributed by atoms with Gasteiger partial charge in [0, 0.05) is 13.2 Å². The van der Waals surface area contributed by atoms with E-state index in [2.05, 4.69) is 31.2 Å². The van der Waals surface area contributed by atoms with Crippen LogP contribution >= 0.6 is 0 Å². The summed E-state index contributed by atoms with van der Waals surface area (Å²) in [5, 5.41) is 0. The van der Waals surface area contributed by atoms with Crippen molar-refractivity contribution in [2.45, 2.75) is 52.4 Å². The van der Waals surface area contributed by atoms with Crippen LogP contribution in [0.1, 0.15) is 52.4 Å². The quantitative estimate of drug-likeness (QED) is 0.285. The Bertz CT molecular complexity index is 185. The van der Waals surface area contributed by atoms with E-state index in [0.29, 0.717) is 6.79 Å². The van der Waals surface area contributed by atoms with E-state index >= 15 is 0 Å². The van der Waals surface area contributed by atoms with E-state index in [9.17, 15) is 0 Å². The highest BCUT2D eigenvalue weighted by Gasteiger charge is 1.87. The molecule has 0 N–H and O–H groups in total. The van der Waals surface area contributed by atoms with E-state index in [1.807, 2.05) is 6.92 Å². The molecule has 0 rings (SSSR count). The molecule has 0 unspecified atom stereocenters. The zero-order valence-electron chi connectivity index (χ0n) is 11.5. The van der Waals surface area contributed by atoms with Gasteiger partial charge in [0.05, 0.1) is 0 Å². The second kappa shape index (κ2) is 15.4. The van der Waals surface area contributed by atoms with Gasteiger partial charge in [0.2, 0.25) is 0 Å². The SMILES string of the molecule is CCCCC=CC=CCCCCOCOCC. The van der Waals surface area contributed by atoms with Crippen LogP contribution in [0.2, 0.25) is 0 Å². The zero-order valence-corrected chi connectivity index (χ0v) is 11.5. The lowest BCUT2D eigenvalue weighted by Crippen LogP contribution is -2.00. The Morgan fingerprint density at radius 1 is 0.824 bits per heavy atom. The molecular weight excluding hydrogens is 212 g/mol. The molecule has 0 atom stereocenters. The minimum absolute atomic E-state index is 0.437. The summed E-state index contributed by atoms with van der Waals surface area (Å²) in [4.78, 5) is 0. The predicted octanol–water partition coefficient (Wildman–Crippen LogP) is 4.47. The minimum Gasteiger partial charge on any atom is -0.356 e. The standard InChI is InChI=1S/C15H28O2/c1-3-5-6-7-8-9-10-11-12-13-14-17-15-16-4-2/h7-10H,3-6,11-15H2,1-2H3. The summed E-state index contributed by atoms with van der Waals surface area (Å²) in [6.45, 7) is 6.17. The van der Waals surface area contributed by atoms with Gasteiger partial charge in [-0.15, -0.1) is 0 Å². The fourth-order valence-electron chi connectivity index (χ4n) is 1.34. The van der Waals surface area contributed by atoms with Crippen LogP contribution < -0.4 is 0 Å². The van der Waals surface area contributed by atoms with E-state index in [0.717, 1.165) is 26.1 Å². The first-order chi connectivity index (χ1) is 8.41. The Hall–Kier alpha value is -0.600. The summed E-state index contributed by atoms with van der Waals surface area (Å²) >= 11 is 0. The molecular formula is C15H28O2. The fraction of sp³-hybridized carbons (Fsp3) is 0.733. The highest BCUT2D eigenvalue weighted by molar-refractivity contribution is 5.02. The first kappa shape index (κ1) is 16.4. The summed E-state index contributed by atoms with van der Waals surface area (Å²) in [7, 11) is 0. The largest absolute Gasteiger partial charge is 0.356 e. The van der Waals surface area contributed by atoms with Gasteiger partial charge in [0.25, 0.3) is 0 Å². The number of unbranched alkanes of at least 4 members (excludes halogenated alkanes) is 4. The maximum atomic E-state index is 5.29.